The summed E-state index contributed by atoms with van der Waals surface area (Å²) in [5.41, 5.74) is 2.30. The second kappa shape index (κ2) is 9.82. The molecule has 1 heterocycles. The molecule has 4 rings (SSSR count). The van der Waals surface area contributed by atoms with Gasteiger partial charge < -0.3 is 4.42 Å². The first-order valence-electron chi connectivity index (χ1n) is 11.4. The van der Waals surface area contributed by atoms with Crippen LogP contribution in [-0.4, -0.2) is 10.7 Å². The zero-order valence-electron chi connectivity index (χ0n) is 18.4. The Hall–Kier alpha value is -3.39. The van der Waals surface area contributed by atoms with Crippen molar-refractivity contribution < 1.29 is 14.1 Å². The Labute approximate surface area is 188 Å². The zero-order chi connectivity index (χ0) is 22.5. The standard InChI is InChI=1S/C27H27NO4/c1-2-3-9-25-26(23-18-22(28(30)31)16-17-24(23)32-25)27(29)21-14-12-20(13-15-21)11-10-19-7-5-4-6-8-19/h12-19H,2-9H2,1H3. The van der Waals surface area contributed by atoms with E-state index in [4.69, 9.17) is 4.42 Å². The number of fused-ring (bicyclic) bond motifs is 1. The van der Waals surface area contributed by atoms with E-state index in [-0.39, 0.29) is 11.5 Å². The number of hydrogen-bond donors (Lipinski definition) is 0. The predicted octanol–water partition coefficient (Wildman–Crippen LogP) is 6.85. The van der Waals surface area contributed by atoms with Crippen LogP contribution in [0.5, 0.6) is 0 Å². The predicted molar refractivity (Wildman–Crippen MR) is 125 cm³/mol. The highest BCUT2D eigenvalue weighted by atomic mass is 16.6. The Morgan fingerprint density at radius 2 is 1.88 bits per heavy atom. The van der Waals surface area contributed by atoms with Gasteiger partial charge in [-0.05, 0) is 49.6 Å². The number of non-ortho nitro benzene ring substituents is 1. The van der Waals surface area contributed by atoms with Crippen molar-refractivity contribution in [1.82, 2.24) is 0 Å². The lowest BCUT2D eigenvalue weighted by molar-refractivity contribution is -0.384. The quantitative estimate of drug-likeness (QED) is 0.186. The lowest BCUT2D eigenvalue weighted by Crippen LogP contribution is -2.04. The molecule has 0 saturated heterocycles. The van der Waals surface area contributed by atoms with Crippen LogP contribution in [0.4, 0.5) is 5.69 Å². The fraction of sp³-hybridized carbons (Fsp3) is 0.370. The van der Waals surface area contributed by atoms with Gasteiger partial charge in [-0.1, -0.05) is 44.4 Å². The summed E-state index contributed by atoms with van der Waals surface area (Å²) in [7, 11) is 0. The molecule has 32 heavy (non-hydrogen) atoms. The van der Waals surface area contributed by atoms with Crippen molar-refractivity contribution >= 4 is 22.4 Å². The second-order valence-corrected chi connectivity index (χ2v) is 8.45. The molecule has 1 aliphatic rings. The average Bonchev–Trinajstić information content (AvgIpc) is 3.19. The molecule has 0 spiro atoms. The molecule has 0 bridgehead atoms. The highest BCUT2D eigenvalue weighted by Crippen LogP contribution is 2.32. The lowest BCUT2D eigenvalue weighted by Gasteiger charge is -2.15. The second-order valence-electron chi connectivity index (χ2n) is 8.45. The van der Waals surface area contributed by atoms with E-state index in [0.717, 1.165) is 18.4 Å². The Morgan fingerprint density at radius 3 is 2.56 bits per heavy atom. The molecule has 0 N–H and O–H groups in total. The summed E-state index contributed by atoms with van der Waals surface area (Å²) in [4.78, 5) is 24.2. The van der Waals surface area contributed by atoms with Crippen LogP contribution in [0.1, 0.15) is 79.1 Å². The van der Waals surface area contributed by atoms with Gasteiger partial charge >= 0.3 is 0 Å². The van der Waals surface area contributed by atoms with E-state index in [1.165, 1.54) is 44.2 Å². The van der Waals surface area contributed by atoms with Crippen LogP contribution < -0.4 is 0 Å². The number of ketones is 1. The van der Waals surface area contributed by atoms with Crippen molar-refractivity contribution in [3.8, 4) is 11.8 Å². The fourth-order valence-electron chi connectivity index (χ4n) is 4.29. The number of nitrogens with zero attached hydrogens (tertiary/aromatic N) is 1. The third kappa shape index (κ3) is 4.75. The van der Waals surface area contributed by atoms with Gasteiger partial charge in [0.2, 0.25) is 0 Å². The summed E-state index contributed by atoms with van der Waals surface area (Å²) in [5.74, 6) is 7.51. The van der Waals surface area contributed by atoms with E-state index in [9.17, 15) is 14.9 Å². The minimum Gasteiger partial charge on any atom is -0.460 e. The topological polar surface area (TPSA) is 73.3 Å². The van der Waals surface area contributed by atoms with Crippen LogP contribution in [0.25, 0.3) is 11.0 Å². The van der Waals surface area contributed by atoms with Crippen molar-refractivity contribution in [2.75, 3.05) is 0 Å². The van der Waals surface area contributed by atoms with Gasteiger partial charge in [-0.25, -0.2) is 0 Å². The summed E-state index contributed by atoms with van der Waals surface area (Å²) in [5, 5.41) is 11.8. The molecular formula is C27H27NO4. The molecule has 0 unspecified atom stereocenters. The van der Waals surface area contributed by atoms with Crippen molar-refractivity contribution in [1.29, 1.82) is 0 Å². The number of hydrogen-bond acceptors (Lipinski definition) is 4. The van der Waals surface area contributed by atoms with E-state index >= 15 is 0 Å². The maximum Gasteiger partial charge on any atom is 0.270 e. The number of unbranched alkanes of at least 4 members (excludes halogenated alkanes) is 1. The Morgan fingerprint density at radius 1 is 1.12 bits per heavy atom. The Balaban J connectivity index is 1.65. The molecule has 0 radical (unpaired) electrons. The van der Waals surface area contributed by atoms with Gasteiger partial charge in [-0.2, -0.15) is 0 Å². The summed E-state index contributed by atoms with van der Waals surface area (Å²) < 4.78 is 5.94. The van der Waals surface area contributed by atoms with Gasteiger partial charge in [-0.15, -0.1) is 0 Å². The number of carbonyl (C=O) groups is 1. The van der Waals surface area contributed by atoms with E-state index in [0.29, 0.717) is 40.2 Å². The molecule has 1 saturated carbocycles. The van der Waals surface area contributed by atoms with E-state index in [1.54, 1.807) is 18.2 Å². The van der Waals surface area contributed by atoms with Crippen LogP contribution in [-0.2, 0) is 6.42 Å². The summed E-state index contributed by atoms with van der Waals surface area (Å²) in [6.07, 6.45) is 8.60. The molecule has 164 valence electrons. The minimum atomic E-state index is -0.452. The molecule has 5 nitrogen and oxygen atoms in total. The minimum absolute atomic E-state index is 0.0530. The van der Waals surface area contributed by atoms with Crippen molar-refractivity contribution in [3.05, 3.63) is 75.0 Å². The molecule has 2 aromatic carbocycles. The fourth-order valence-corrected chi connectivity index (χ4v) is 4.29. The SMILES string of the molecule is CCCCc1oc2ccc([N+](=O)[O-])cc2c1C(=O)c1ccc(C#CC2CCCCC2)cc1. The van der Waals surface area contributed by atoms with Crippen LogP contribution in [0.15, 0.2) is 46.9 Å². The van der Waals surface area contributed by atoms with Gasteiger partial charge in [0, 0.05) is 41.0 Å². The van der Waals surface area contributed by atoms with Crippen molar-refractivity contribution in [2.45, 2.75) is 58.3 Å². The maximum atomic E-state index is 13.4. The molecular weight excluding hydrogens is 402 g/mol. The number of furan rings is 1. The first kappa shape index (κ1) is 21.8. The molecule has 3 aromatic rings. The highest BCUT2D eigenvalue weighted by molar-refractivity contribution is 6.17. The monoisotopic (exact) mass is 429 g/mol. The number of carbonyl (C=O) groups excluding carboxylic acids is 1. The number of benzene rings is 2. The van der Waals surface area contributed by atoms with Crippen LogP contribution in [0.3, 0.4) is 0 Å². The summed E-state index contributed by atoms with van der Waals surface area (Å²) in [6.45, 7) is 2.07. The molecule has 0 amide bonds. The van der Waals surface area contributed by atoms with Crippen molar-refractivity contribution in [3.63, 3.8) is 0 Å². The normalized spacial score (nSPS) is 14.2. The largest absolute Gasteiger partial charge is 0.460 e. The molecule has 0 atom stereocenters. The molecule has 5 heteroatoms. The number of nitro groups is 1. The van der Waals surface area contributed by atoms with E-state index in [1.807, 2.05) is 12.1 Å². The van der Waals surface area contributed by atoms with Gasteiger partial charge in [0.25, 0.3) is 5.69 Å². The number of aryl methyl sites for hydroxylation is 1. The summed E-state index contributed by atoms with van der Waals surface area (Å²) >= 11 is 0. The van der Waals surface area contributed by atoms with E-state index < -0.39 is 4.92 Å². The Kier molecular flexibility index (Phi) is 6.70. The molecule has 1 aliphatic carbocycles. The third-order valence-corrected chi connectivity index (χ3v) is 6.11. The third-order valence-electron chi connectivity index (χ3n) is 6.11. The average molecular weight is 430 g/mol. The van der Waals surface area contributed by atoms with Crippen LogP contribution in [0, 0.1) is 27.9 Å². The first-order chi connectivity index (χ1) is 15.6. The smallest absolute Gasteiger partial charge is 0.270 e. The molecule has 1 aromatic heterocycles. The van der Waals surface area contributed by atoms with Gasteiger partial charge in [0.15, 0.2) is 5.78 Å². The lowest BCUT2D eigenvalue weighted by atomic mass is 9.89. The number of nitro benzene ring substituents is 1. The molecule has 1 fully saturated rings. The summed E-state index contributed by atoms with van der Waals surface area (Å²) in [6, 6.07) is 11.7. The zero-order valence-corrected chi connectivity index (χ0v) is 18.4. The van der Waals surface area contributed by atoms with Gasteiger partial charge in [0.05, 0.1) is 10.5 Å². The first-order valence-corrected chi connectivity index (χ1v) is 11.4. The molecule has 0 aliphatic heterocycles. The van der Waals surface area contributed by atoms with E-state index in [2.05, 4.69) is 18.8 Å². The van der Waals surface area contributed by atoms with Gasteiger partial charge in [-0.3, -0.25) is 14.9 Å². The van der Waals surface area contributed by atoms with Crippen molar-refractivity contribution in [2.24, 2.45) is 5.92 Å². The Bertz CT molecular complexity index is 1190. The van der Waals surface area contributed by atoms with Gasteiger partial charge in [0.1, 0.15) is 11.3 Å². The number of rotatable bonds is 6. The van der Waals surface area contributed by atoms with Crippen LogP contribution >= 0.6 is 0 Å². The van der Waals surface area contributed by atoms with Crippen LogP contribution in [0.2, 0.25) is 0 Å². The highest BCUT2D eigenvalue weighted by Gasteiger charge is 2.23. The maximum absolute atomic E-state index is 13.4.